The second kappa shape index (κ2) is 5.41. The molecule has 0 bridgehead atoms. The van der Waals surface area contributed by atoms with Gasteiger partial charge in [-0.15, -0.1) is 5.10 Å². The molecule has 1 heterocycles. The van der Waals surface area contributed by atoms with Crippen LogP contribution in [-0.2, 0) is 13.1 Å². The van der Waals surface area contributed by atoms with E-state index < -0.39 is 0 Å². The summed E-state index contributed by atoms with van der Waals surface area (Å²) >= 11 is 0. The third-order valence-corrected chi connectivity index (χ3v) is 2.20. The largest absolute Gasteiger partial charge is 0.396 e. The zero-order valence-electron chi connectivity index (χ0n) is 10.6. The summed E-state index contributed by atoms with van der Waals surface area (Å²) in [7, 11) is 0. The Morgan fingerprint density at radius 1 is 1.50 bits per heavy atom. The summed E-state index contributed by atoms with van der Waals surface area (Å²) in [6, 6.07) is 0. The average Bonchev–Trinajstić information content (AvgIpc) is 2.61. The van der Waals surface area contributed by atoms with E-state index in [2.05, 4.69) is 36.4 Å². The maximum atomic E-state index is 8.94. The highest BCUT2D eigenvalue weighted by Gasteiger charge is 2.10. The van der Waals surface area contributed by atoms with Gasteiger partial charge < -0.3 is 10.4 Å². The molecule has 1 aromatic heterocycles. The summed E-state index contributed by atoms with van der Waals surface area (Å²) in [5, 5.41) is 20.4. The van der Waals surface area contributed by atoms with Gasteiger partial charge in [-0.25, -0.2) is 0 Å². The Morgan fingerprint density at radius 3 is 2.75 bits per heavy atom. The van der Waals surface area contributed by atoms with Crippen molar-refractivity contribution in [2.75, 3.05) is 6.61 Å². The van der Waals surface area contributed by atoms with Crippen LogP contribution in [0.3, 0.4) is 0 Å². The van der Waals surface area contributed by atoms with Crippen LogP contribution in [0, 0.1) is 5.92 Å². The molecule has 0 aliphatic carbocycles. The molecule has 0 saturated heterocycles. The second-order valence-corrected chi connectivity index (χ2v) is 5.32. The monoisotopic (exact) mass is 226 g/mol. The molecular weight excluding hydrogens is 204 g/mol. The summed E-state index contributed by atoms with van der Waals surface area (Å²) in [6.45, 7) is 9.93. The number of hydrogen-bond donors (Lipinski definition) is 2. The first-order valence-corrected chi connectivity index (χ1v) is 5.65. The van der Waals surface area contributed by atoms with E-state index in [-0.39, 0.29) is 18.1 Å². The first kappa shape index (κ1) is 13.1. The smallest absolute Gasteiger partial charge is 0.0965 e. The highest BCUT2D eigenvalue weighted by molar-refractivity contribution is 4.93. The molecule has 5 heteroatoms. The highest BCUT2D eigenvalue weighted by Crippen LogP contribution is 2.03. The third-order valence-electron chi connectivity index (χ3n) is 2.20. The fraction of sp³-hybridized carbons (Fsp3) is 0.818. The average molecular weight is 226 g/mol. The lowest BCUT2D eigenvalue weighted by Crippen LogP contribution is -2.35. The minimum atomic E-state index is 0.0855. The lowest BCUT2D eigenvalue weighted by Gasteiger charge is -2.19. The molecule has 1 atom stereocenters. The van der Waals surface area contributed by atoms with Gasteiger partial charge in [0.25, 0.3) is 0 Å². The van der Waals surface area contributed by atoms with Crippen LogP contribution in [0.5, 0.6) is 0 Å². The van der Waals surface area contributed by atoms with Crippen LogP contribution in [0.4, 0.5) is 0 Å². The van der Waals surface area contributed by atoms with E-state index in [0.717, 1.165) is 12.2 Å². The number of aromatic nitrogens is 3. The predicted molar refractivity (Wildman–Crippen MR) is 62.9 cm³/mol. The lowest BCUT2D eigenvalue weighted by molar-refractivity contribution is 0.218. The molecule has 1 unspecified atom stereocenters. The number of nitrogens with zero attached hydrogens (tertiary/aromatic N) is 3. The van der Waals surface area contributed by atoms with Gasteiger partial charge in [0.1, 0.15) is 0 Å². The van der Waals surface area contributed by atoms with E-state index in [0.29, 0.717) is 6.54 Å². The zero-order valence-corrected chi connectivity index (χ0v) is 10.6. The number of nitrogens with one attached hydrogen (secondary N) is 1. The van der Waals surface area contributed by atoms with Crippen LogP contribution in [-0.4, -0.2) is 32.2 Å². The lowest BCUT2D eigenvalue weighted by atomic mass is 10.1. The Kier molecular flexibility index (Phi) is 4.44. The fourth-order valence-electron chi connectivity index (χ4n) is 1.24. The Balaban J connectivity index is 2.45. The first-order valence-electron chi connectivity index (χ1n) is 5.65. The summed E-state index contributed by atoms with van der Waals surface area (Å²) in [4.78, 5) is 0. The van der Waals surface area contributed by atoms with E-state index >= 15 is 0 Å². The van der Waals surface area contributed by atoms with Gasteiger partial charge in [0, 0.05) is 31.4 Å². The molecule has 1 aromatic rings. The van der Waals surface area contributed by atoms with Gasteiger partial charge in [-0.05, 0) is 26.7 Å². The minimum Gasteiger partial charge on any atom is -0.396 e. The first-order chi connectivity index (χ1) is 7.40. The van der Waals surface area contributed by atoms with Gasteiger partial charge in [-0.1, -0.05) is 12.1 Å². The van der Waals surface area contributed by atoms with Crippen molar-refractivity contribution in [2.24, 2.45) is 5.92 Å². The Labute approximate surface area is 96.9 Å². The molecule has 92 valence electrons. The topological polar surface area (TPSA) is 63.0 Å². The van der Waals surface area contributed by atoms with Crippen molar-refractivity contribution in [3.63, 3.8) is 0 Å². The molecule has 0 fully saturated rings. The van der Waals surface area contributed by atoms with E-state index in [9.17, 15) is 0 Å². The molecule has 0 spiro atoms. The van der Waals surface area contributed by atoms with Gasteiger partial charge in [0.05, 0.1) is 5.69 Å². The zero-order chi connectivity index (χ0) is 12.2. The molecule has 5 nitrogen and oxygen atoms in total. The van der Waals surface area contributed by atoms with Crippen LogP contribution in [0.15, 0.2) is 6.20 Å². The molecule has 2 N–H and O–H groups in total. The van der Waals surface area contributed by atoms with Gasteiger partial charge in [0.2, 0.25) is 0 Å². The quantitative estimate of drug-likeness (QED) is 0.779. The van der Waals surface area contributed by atoms with E-state index in [1.807, 2.05) is 13.1 Å². The standard InChI is InChI=1S/C11H22N4O/c1-9(8-16)6-15-7-10(13-14-15)5-12-11(2,3)4/h7,9,12,16H,5-6,8H2,1-4H3. The number of hydrogen-bond acceptors (Lipinski definition) is 4. The summed E-state index contributed by atoms with van der Waals surface area (Å²) < 4.78 is 1.78. The van der Waals surface area contributed by atoms with E-state index in [1.54, 1.807) is 4.68 Å². The third kappa shape index (κ3) is 4.72. The molecule has 0 amide bonds. The maximum Gasteiger partial charge on any atom is 0.0965 e. The van der Waals surface area contributed by atoms with Crippen molar-refractivity contribution in [3.05, 3.63) is 11.9 Å². The van der Waals surface area contributed by atoms with Gasteiger partial charge in [0.15, 0.2) is 0 Å². The van der Waals surface area contributed by atoms with Crippen molar-refractivity contribution >= 4 is 0 Å². The summed E-state index contributed by atoms with van der Waals surface area (Å²) in [5.41, 5.74) is 1.02. The number of aliphatic hydroxyl groups is 1. The predicted octanol–water partition coefficient (Wildman–Crippen LogP) is 0.795. The molecule has 0 aliphatic heterocycles. The van der Waals surface area contributed by atoms with Crippen molar-refractivity contribution < 1.29 is 5.11 Å². The van der Waals surface area contributed by atoms with E-state index in [1.165, 1.54) is 0 Å². The van der Waals surface area contributed by atoms with Gasteiger partial charge >= 0.3 is 0 Å². The van der Waals surface area contributed by atoms with Crippen LogP contribution < -0.4 is 5.32 Å². The summed E-state index contributed by atoms with van der Waals surface area (Å²) in [6.07, 6.45) is 1.92. The maximum absolute atomic E-state index is 8.94. The van der Waals surface area contributed by atoms with Crippen LogP contribution in [0.2, 0.25) is 0 Å². The SMILES string of the molecule is CC(CO)Cn1cc(CNC(C)(C)C)nn1. The Hall–Kier alpha value is -0.940. The van der Waals surface area contributed by atoms with Gasteiger partial charge in [-0.2, -0.15) is 0 Å². The summed E-state index contributed by atoms with van der Waals surface area (Å²) in [5.74, 6) is 0.213. The Morgan fingerprint density at radius 2 is 2.19 bits per heavy atom. The molecule has 0 radical (unpaired) electrons. The molecule has 0 saturated carbocycles. The molecule has 16 heavy (non-hydrogen) atoms. The molecule has 1 rings (SSSR count). The minimum absolute atomic E-state index is 0.0855. The van der Waals surface area contributed by atoms with Gasteiger partial charge in [-0.3, -0.25) is 4.68 Å². The highest BCUT2D eigenvalue weighted by atomic mass is 16.3. The fourth-order valence-corrected chi connectivity index (χ4v) is 1.24. The van der Waals surface area contributed by atoms with Crippen LogP contribution in [0.1, 0.15) is 33.4 Å². The number of rotatable bonds is 5. The molecule has 0 aliphatic rings. The van der Waals surface area contributed by atoms with Crippen molar-refractivity contribution in [3.8, 4) is 0 Å². The van der Waals surface area contributed by atoms with Crippen molar-refractivity contribution in [1.82, 2.24) is 20.3 Å². The second-order valence-electron chi connectivity index (χ2n) is 5.32. The van der Waals surface area contributed by atoms with Crippen LogP contribution >= 0.6 is 0 Å². The van der Waals surface area contributed by atoms with Crippen LogP contribution in [0.25, 0.3) is 0 Å². The van der Waals surface area contributed by atoms with E-state index in [4.69, 9.17) is 5.11 Å². The molecular formula is C11H22N4O. The Bertz CT molecular complexity index is 316. The normalized spacial score (nSPS) is 14.1. The molecule has 0 aromatic carbocycles. The number of aliphatic hydroxyl groups excluding tert-OH is 1. The van der Waals surface area contributed by atoms with Crippen molar-refractivity contribution in [2.45, 2.75) is 46.3 Å². The van der Waals surface area contributed by atoms with Crippen molar-refractivity contribution in [1.29, 1.82) is 0 Å².